The quantitative estimate of drug-likeness (QED) is 0.549. The molecule has 1 heteroatoms. The monoisotopic (exact) mass is 140 g/mol. The Kier molecular flexibility index (Phi) is 4.91. The lowest BCUT2D eigenvalue weighted by Crippen LogP contribution is -1.87. The molecule has 0 aliphatic heterocycles. The number of allylic oxidation sites excluding steroid dienone is 2. The molecule has 0 spiro atoms. The Morgan fingerprint density at radius 3 is 2.40 bits per heavy atom. The maximum atomic E-state index is 10.5. The number of Topliss-reactive ketones (excluding diaryl/α,β-unsaturated/α-hetero) is 1. The van der Waals surface area contributed by atoms with Crippen molar-refractivity contribution in [3.05, 3.63) is 11.6 Å². The Morgan fingerprint density at radius 1 is 1.40 bits per heavy atom. The third-order valence-electron chi connectivity index (χ3n) is 1.55. The van der Waals surface area contributed by atoms with Crippen molar-refractivity contribution in [2.45, 2.75) is 40.0 Å². The molecular weight excluding hydrogens is 124 g/mol. The van der Waals surface area contributed by atoms with Crippen LogP contribution in [0.2, 0.25) is 0 Å². The SMILES string of the molecule is CC/C(C)=C\CCC(C)=O. The van der Waals surface area contributed by atoms with Crippen LogP contribution >= 0.6 is 0 Å². The summed E-state index contributed by atoms with van der Waals surface area (Å²) >= 11 is 0. The van der Waals surface area contributed by atoms with Gasteiger partial charge in [0.15, 0.2) is 0 Å². The minimum atomic E-state index is 0.278. The van der Waals surface area contributed by atoms with E-state index in [0.29, 0.717) is 6.42 Å². The average molecular weight is 140 g/mol. The summed E-state index contributed by atoms with van der Waals surface area (Å²) in [6, 6.07) is 0. The fourth-order valence-corrected chi connectivity index (χ4v) is 0.666. The van der Waals surface area contributed by atoms with Crippen LogP contribution in [0.15, 0.2) is 11.6 Å². The van der Waals surface area contributed by atoms with Crippen molar-refractivity contribution in [3.8, 4) is 0 Å². The fourth-order valence-electron chi connectivity index (χ4n) is 0.666. The first-order valence-electron chi connectivity index (χ1n) is 3.82. The Labute approximate surface area is 63.1 Å². The van der Waals surface area contributed by atoms with Crippen molar-refractivity contribution < 1.29 is 4.79 Å². The van der Waals surface area contributed by atoms with E-state index in [1.54, 1.807) is 6.92 Å². The van der Waals surface area contributed by atoms with Crippen LogP contribution in [0, 0.1) is 0 Å². The smallest absolute Gasteiger partial charge is 0.130 e. The summed E-state index contributed by atoms with van der Waals surface area (Å²) in [5, 5.41) is 0. The number of carbonyl (C=O) groups excluding carboxylic acids is 1. The van der Waals surface area contributed by atoms with Gasteiger partial charge in [0, 0.05) is 6.42 Å². The van der Waals surface area contributed by atoms with Gasteiger partial charge >= 0.3 is 0 Å². The Bertz CT molecular complexity index is 134. The van der Waals surface area contributed by atoms with Crippen LogP contribution < -0.4 is 0 Å². The summed E-state index contributed by atoms with van der Waals surface area (Å²) in [5.41, 5.74) is 1.38. The molecule has 58 valence electrons. The van der Waals surface area contributed by atoms with Crippen molar-refractivity contribution in [3.63, 3.8) is 0 Å². The van der Waals surface area contributed by atoms with Crippen molar-refractivity contribution >= 4 is 5.78 Å². The zero-order valence-electron chi connectivity index (χ0n) is 7.11. The molecule has 10 heavy (non-hydrogen) atoms. The van der Waals surface area contributed by atoms with Gasteiger partial charge in [-0.05, 0) is 26.7 Å². The van der Waals surface area contributed by atoms with E-state index in [2.05, 4.69) is 19.9 Å². The molecule has 0 saturated heterocycles. The number of rotatable bonds is 4. The van der Waals surface area contributed by atoms with E-state index < -0.39 is 0 Å². The van der Waals surface area contributed by atoms with Gasteiger partial charge in [0.25, 0.3) is 0 Å². The van der Waals surface area contributed by atoms with Crippen molar-refractivity contribution in [2.75, 3.05) is 0 Å². The van der Waals surface area contributed by atoms with Gasteiger partial charge in [0.1, 0.15) is 5.78 Å². The molecule has 0 bridgehead atoms. The van der Waals surface area contributed by atoms with E-state index in [9.17, 15) is 4.79 Å². The molecule has 0 aromatic rings. The van der Waals surface area contributed by atoms with E-state index >= 15 is 0 Å². The maximum absolute atomic E-state index is 10.5. The third kappa shape index (κ3) is 5.54. The first-order valence-corrected chi connectivity index (χ1v) is 3.82. The van der Waals surface area contributed by atoms with E-state index in [1.165, 1.54) is 5.57 Å². The number of hydrogen-bond donors (Lipinski definition) is 0. The molecule has 0 aromatic heterocycles. The minimum absolute atomic E-state index is 0.278. The molecule has 0 atom stereocenters. The molecule has 0 rings (SSSR count). The van der Waals surface area contributed by atoms with Gasteiger partial charge in [0.05, 0.1) is 0 Å². The van der Waals surface area contributed by atoms with Gasteiger partial charge < -0.3 is 4.79 Å². The molecule has 0 aliphatic rings. The largest absolute Gasteiger partial charge is 0.300 e. The van der Waals surface area contributed by atoms with E-state index in [4.69, 9.17) is 0 Å². The Balaban J connectivity index is 3.43. The van der Waals surface area contributed by atoms with Crippen molar-refractivity contribution in [1.29, 1.82) is 0 Å². The molecule has 0 heterocycles. The summed E-state index contributed by atoms with van der Waals surface area (Å²) < 4.78 is 0. The van der Waals surface area contributed by atoms with Crippen LogP contribution in [0.3, 0.4) is 0 Å². The summed E-state index contributed by atoms with van der Waals surface area (Å²) in [7, 11) is 0. The van der Waals surface area contributed by atoms with Gasteiger partial charge in [0.2, 0.25) is 0 Å². The lowest BCUT2D eigenvalue weighted by Gasteiger charge is -1.93. The van der Waals surface area contributed by atoms with Gasteiger partial charge in [-0.15, -0.1) is 0 Å². The molecule has 0 N–H and O–H groups in total. The topological polar surface area (TPSA) is 17.1 Å². The fraction of sp³-hybridized carbons (Fsp3) is 0.667. The highest BCUT2D eigenvalue weighted by Crippen LogP contribution is 2.01. The van der Waals surface area contributed by atoms with Crippen LogP contribution in [0.5, 0.6) is 0 Å². The van der Waals surface area contributed by atoms with Crippen molar-refractivity contribution in [2.24, 2.45) is 0 Å². The summed E-state index contributed by atoms with van der Waals surface area (Å²) in [4.78, 5) is 10.5. The molecule has 0 unspecified atom stereocenters. The molecule has 1 nitrogen and oxygen atoms in total. The second kappa shape index (κ2) is 5.21. The molecule has 0 radical (unpaired) electrons. The maximum Gasteiger partial charge on any atom is 0.130 e. The second-order valence-electron chi connectivity index (χ2n) is 2.64. The predicted octanol–water partition coefficient (Wildman–Crippen LogP) is 2.71. The van der Waals surface area contributed by atoms with Gasteiger partial charge in [-0.1, -0.05) is 18.6 Å². The van der Waals surface area contributed by atoms with Gasteiger partial charge in [-0.25, -0.2) is 0 Å². The molecular formula is C9H16O. The molecule has 0 amide bonds. The summed E-state index contributed by atoms with van der Waals surface area (Å²) in [6.07, 6.45) is 4.84. The van der Waals surface area contributed by atoms with Crippen LogP contribution in [0.4, 0.5) is 0 Å². The van der Waals surface area contributed by atoms with Crippen LogP contribution in [-0.4, -0.2) is 5.78 Å². The lowest BCUT2D eigenvalue weighted by atomic mass is 10.1. The highest BCUT2D eigenvalue weighted by molar-refractivity contribution is 5.75. The highest BCUT2D eigenvalue weighted by atomic mass is 16.1. The van der Waals surface area contributed by atoms with Crippen LogP contribution in [0.25, 0.3) is 0 Å². The molecule has 0 saturated carbocycles. The van der Waals surface area contributed by atoms with E-state index in [-0.39, 0.29) is 5.78 Å². The minimum Gasteiger partial charge on any atom is -0.300 e. The Morgan fingerprint density at radius 2 is 2.00 bits per heavy atom. The summed E-state index contributed by atoms with van der Waals surface area (Å²) in [6.45, 7) is 5.86. The molecule has 0 aromatic carbocycles. The number of hydrogen-bond acceptors (Lipinski definition) is 1. The van der Waals surface area contributed by atoms with Crippen LogP contribution in [-0.2, 0) is 4.79 Å². The number of ketones is 1. The summed E-state index contributed by atoms with van der Waals surface area (Å²) in [5.74, 6) is 0.278. The average Bonchev–Trinajstić information content (AvgIpc) is 1.87. The number of carbonyl (C=O) groups is 1. The zero-order chi connectivity index (χ0) is 7.98. The molecule has 0 aliphatic carbocycles. The lowest BCUT2D eigenvalue weighted by molar-refractivity contribution is -0.116. The molecule has 0 fully saturated rings. The van der Waals surface area contributed by atoms with Crippen LogP contribution in [0.1, 0.15) is 40.0 Å². The normalized spacial score (nSPS) is 11.7. The van der Waals surface area contributed by atoms with Gasteiger partial charge in [-0.3, -0.25) is 0 Å². The Hall–Kier alpha value is -0.590. The van der Waals surface area contributed by atoms with Gasteiger partial charge in [-0.2, -0.15) is 0 Å². The first-order chi connectivity index (χ1) is 4.66. The second-order valence-corrected chi connectivity index (χ2v) is 2.64. The highest BCUT2D eigenvalue weighted by Gasteiger charge is 1.89. The van der Waals surface area contributed by atoms with E-state index in [1.807, 2.05) is 0 Å². The third-order valence-corrected chi connectivity index (χ3v) is 1.55. The van der Waals surface area contributed by atoms with Crippen molar-refractivity contribution in [1.82, 2.24) is 0 Å². The van der Waals surface area contributed by atoms with E-state index in [0.717, 1.165) is 12.8 Å². The predicted molar refractivity (Wildman–Crippen MR) is 44.0 cm³/mol. The zero-order valence-corrected chi connectivity index (χ0v) is 7.11. The standard InChI is InChI=1S/C9H16O/c1-4-8(2)6-5-7-9(3)10/h6H,4-5,7H2,1-3H3/b8-6-. The first kappa shape index (κ1) is 9.41.